The van der Waals surface area contributed by atoms with Crippen LogP contribution in [0.25, 0.3) is 0 Å². The molecule has 2 saturated heterocycles. The SMILES string of the molecule is Cc1ccc(N2C(=O)[C@H]3[C@H](ON(c4ccccc4)[C@@H]3c3ccc(Cl)cc3)C2=O)cc1. The number of amides is 2. The lowest BCUT2D eigenvalue weighted by molar-refractivity contribution is -0.126. The van der Waals surface area contributed by atoms with Crippen LogP contribution in [0.1, 0.15) is 17.2 Å². The molecule has 2 heterocycles. The standard InChI is InChI=1S/C24H19ClN2O3/c1-15-7-13-18(14-8-15)26-23(28)20-21(16-9-11-17(25)12-10-16)27(30-22(20)24(26)29)19-5-3-2-4-6-19/h2-14,20-22H,1H3/t20-,21-,22+/m1/s1. The van der Waals surface area contributed by atoms with Gasteiger partial charge in [-0.2, -0.15) is 0 Å². The summed E-state index contributed by atoms with van der Waals surface area (Å²) in [6, 6.07) is 23.7. The van der Waals surface area contributed by atoms with Crippen LogP contribution in [0.3, 0.4) is 0 Å². The molecule has 3 aromatic carbocycles. The highest BCUT2D eigenvalue weighted by molar-refractivity contribution is 6.30. The summed E-state index contributed by atoms with van der Waals surface area (Å²) >= 11 is 6.08. The van der Waals surface area contributed by atoms with Gasteiger partial charge in [0, 0.05) is 5.02 Å². The number of carbonyl (C=O) groups is 2. The predicted octanol–water partition coefficient (Wildman–Crippen LogP) is 4.70. The van der Waals surface area contributed by atoms with E-state index in [0.29, 0.717) is 10.7 Å². The number of fused-ring (bicyclic) bond motifs is 1. The van der Waals surface area contributed by atoms with E-state index in [4.69, 9.17) is 16.4 Å². The number of nitrogens with zero attached hydrogens (tertiary/aromatic N) is 2. The second kappa shape index (κ2) is 7.27. The van der Waals surface area contributed by atoms with Gasteiger partial charge in [-0.25, -0.2) is 9.96 Å². The van der Waals surface area contributed by atoms with E-state index in [2.05, 4.69) is 0 Å². The quantitative estimate of drug-likeness (QED) is 0.578. The van der Waals surface area contributed by atoms with Gasteiger partial charge in [-0.3, -0.25) is 14.4 Å². The van der Waals surface area contributed by atoms with E-state index in [-0.39, 0.29) is 11.8 Å². The zero-order valence-electron chi connectivity index (χ0n) is 16.2. The molecule has 0 aromatic heterocycles. The molecule has 6 heteroatoms. The summed E-state index contributed by atoms with van der Waals surface area (Å²) in [4.78, 5) is 34.1. The van der Waals surface area contributed by atoms with Crippen molar-refractivity contribution in [3.63, 3.8) is 0 Å². The highest BCUT2D eigenvalue weighted by Gasteiger charge is 2.60. The molecule has 150 valence electrons. The number of halogens is 1. The Labute approximate surface area is 179 Å². The number of para-hydroxylation sites is 1. The number of benzene rings is 3. The Morgan fingerprint density at radius 1 is 0.800 bits per heavy atom. The summed E-state index contributed by atoms with van der Waals surface area (Å²) in [5, 5.41) is 2.29. The van der Waals surface area contributed by atoms with E-state index in [1.54, 1.807) is 29.3 Å². The highest BCUT2D eigenvalue weighted by Crippen LogP contribution is 2.47. The molecule has 0 bridgehead atoms. The van der Waals surface area contributed by atoms with Crippen molar-refractivity contribution in [2.45, 2.75) is 19.1 Å². The zero-order valence-corrected chi connectivity index (χ0v) is 17.0. The van der Waals surface area contributed by atoms with Crippen molar-refractivity contribution < 1.29 is 14.4 Å². The molecule has 5 rings (SSSR count). The van der Waals surface area contributed by atoms with E-state index in [0.717, 1.165) is 16.8 Å². The Kier molecular flexibility index (Phi) is 4.57. The number of hydrogen-bond donors (Lipinski definition) is 0. The number of anilines is 2. The molecule has 3 aromatic rings. The first-order chi connectivity index (χ1) is 14.5. The van der Waals surface area contributed by atoms with Gasteiger partial charge in [0.1, 0.15) is 5.92 Å². The van der Waals surface area contributed by atoms with Crippen LogP contribution in [0.15, 0.2) is 78.9 Å². The maximum atomic E-state index is 13.5. The van der Waals surface area contributed by atoms with Crippen molar-refractivity contribution >= 4 is 34.8 Å². The second-order valence-corrected chi connectivity index (χ2v) is 7.99. The molecule has 3 atom stereocenters. The van der Waals surface area contributed by atoms with E-state index in [1.807, 2.05) is 61.5 Å². The molecule has 0 saturated carbocycles. The number of carbonyl (C=O) groups excluding carboxylic acids is 2. The van der Waals surface area contributed by atoms with Crippen LogP contribution >= 0.6 is 11.6 Å². The largest absolute Gasteiger partial charge is 0.273 e. The Morgan fingerprint density at radius 2 is 1.47 bits per heavy atom. The van der Waals surface area contributed by atoms with Gasteiger partial charge in [0.15, 0.2) is 6.10 Å². The number of rotatable bonds is 3. The maximum absolute atomic E-state index is 13.5. The highest BCUT2D eigenvalue weighted by atomic mass is 35.5. The first-order valence-electron chi connectivity index (χ1n) is 9.75. The maximum Gasteiger partial charge on any atom is 0.266 e. The minimum absolute atomic E-state index is 0.257. The van der Waals surface area contributed by atoms with Crippen LogP contribution in [0.5, 0.6) is 0 Å². The molecular formula is C24H19ClN2O3. The summed E-state index contributed by atoms with van der Waals surface area (Å²) in [6.07, 6.45) is -0.875. The summed E-state index contributed by atoms with van der Waals surface area (Å²) in [5.41, 5.74) is 3.27. The molecule has 2 aliphatic rings. The molecule has 2 amide bonds. The lowest BCUT2D eigenvalue weighted by Gasteiger charge is -2.28. The summed E-state index contributed by atoms with van der Waals surface area (Å²) < 4.78 is 0. The van der Waals surface area contributed by atoms with E-state index >= 15 is 0 Å². The summed E-state index contributed by atoms with van der Waals surface area (Å²) in [7, 11) is 0. The van der Waals surface area contributed by atoms with Crippen LogP contribution in [0.4, 0.5) is 11.4 Å². The molecule has 0 unspecified atom stereocenters. The van der Waals surface area contributed by atoms with Crippen molar-refractivity contribution in [2.75, 3.05) is 9.96 Å². The third kappa shape index (κ3) is 2.98. The molecule has 0 spiro atoms. The van der Waals surface area contributed by atoms with Crippen molar-refractivity contribution in [2.24, 2.45) is 5.92 Å². The number of hydroxylamine groups is 1. The fraction of sp³-hybridized carbons (Fsp3) is 0.167. The molecule has 5 nitrogen and oxygen atoms in total. The van der Waals surface area contributed by atoms with Crippen LogP contribution in [0, 0.1) is 12.8 Å². The summed E-state index contributed by atoms with van der Waals surface area (Å²) in [6.45, 7) is 1.96. The normalized spacial score (nSPS) is 23.2. The average molecular weight is 419 g/mol. The molecule has 30 heavy (non-hydrogen) atoms. The van der Waals surface area contributed by atoms with Crippen LogP contribution in [-0.4, -0.2) is 17.9 Å². The first kappa shape index (κ1) is 18.9. The molecule has 0 radical (unpaired) electrons. The number of hydrogen-bond acceptors (Lipinski definition) is 4. The van der Waals surface area contributed by atoms with Gasteiger partial charge in [0.25, 0.3) is 5.91 Å². The van der Waals surface area contributed by atoms with Crippen LogP contribution in [-0.2, 0) is 14.4 Å². The molecule has 2 fully saturated rings. The topological polar surface area (TPSA) is 49.9 Å². The average Bonchev–Trinajstić information content (AvgIpc) is 3.27. The van der Waals surface area contributed by atoms with Gasteiger partial charge in [-0.05, 0) is 48.9 Å². The van der Waals surface area contributed by atoms with E-state index < -0.39 is 18.1 Å². The molecule has 0 N–H and O–H groups in total. The monoisotopic (exact) mass is 418 g/mol. The predicted molar refractivity (Wildman–Crippen MR) is 115 cm³/mol. The molecule has 2 aliphatic heterocycles. The lowest BCUT2D eigenvalue weighted by atomic mass is 9.90. The van der Waals surface area contributed by atoms with Crippen LogP contribution < -0.4 is 9.96 Å². The van der Waals surface area contributed by atoms with Gasteiger partial charge in [0.05, 0.1) is 17.4 Å². The minimum atomic E-state index is -0.875. The van der Waals surface area contributed by atoms with E-state index in [1.165, 1.54) is 4.90 Å². The Balaban J connectivity index is 1.58. The number of imide groups is 1. The van der Waals surface area contributed by atoms with Gasteiger partial charge >= 0.3 is 0 Å². The van der Waals surface area contributed by atoms with Gasteiger partial charge in [0.2, 0.25) is 5.91 Å². The Morgan fingerprint density at radius 3 is 2.13 bits per heavy atom. The third-order valence-corrected chi connectivity index (χ3v) is 5.88. The first-order valence-corrected chi connectivity index (χ1v) is 10.1. The minimum Gasteiger partial charge on any atom is -0.273 e. The van der Waals surface area contributed by atoms with Crippen molar-refractivity contribution in [3.8, 4) is 0 Å². The molecular weight excluding hydrogens is 400 g/mol. The third-order valence-electron chi connectivity index (χ3n) is 5.63. The van der Waals surface area contributed by atoms with Gasteiger partial charge in [-0.15, -0.1) is 0 Å². The Hall–Kier alpha value is -3.15. The fourth-order valence-electron chi connectivity index (χ4n) is 4.16. The lowest BCUT2D eigenvalue weighted by Crippen LogP contribution is -2.37. The summed E-state index contributed by atoms with van der Waals surface area (Å²) in [5.74, 6) is -1.25. The van der Waals surface area contributed by atoms with Crippen molar-refractivity contribution in [1.29, 1.82) is 0 Å². The van der Waals surface area contributed by atoms with Crippen molar-refractivity contribution in [3.05, 3.63) is 95.0 Å². The smallest absolute Gasteiger partial charge is 0.266 e. The molecule has 0 aliphatic carbocycles. The van der Waals surface area contributed by atoms with Gasteiger partial charge in [-0.1, -0.05) is 59.6 Å². The van der Waals surface area contributed by atoms with Crippen LogP contribution in [0.2, 0.25) is 5.02 Å². The fourth-order valence-corrected chi connectivity index (χ4v) is 4.29. The van der Waals surface area contributed by atoms with Gasteiger partial charge < -0.3 is 0 Å². The van der Waals surface area contributed by atoms with E-state index in [9.17, 15) is 9.59 Å². The zero-order chi connectivity index (χ0) is 20.8. The van der Waals surface area contributed by atoms with Crippen molar-refractivity contribution in [1.82, 2.24) is 0 Å². The second-order valence-electron chi connectivity index (χ2n) is 7.56. The Bertz CT molecular complexity index is 1100. The number of aryl methyl sites for hydroxylation is 1.